The third-order valence-corrected chi connectivity index (χ3v) is 5.10. The molecule has 2 aliphatic carbocycles. The lowest BCUT2D eigenvalue weighted by atomic mass is 9.95. The number of hydrogen-bond donors (Lipinski definition) is 2. The molecule has 0 radical (unpaired) electrons. The summed E-state index contributed by atoms with van der Waals surface area (Å²) in [4.78, 5) is 0. The summed E-state index contributed by atoms with van der Waals surface area (Å²) in [6.07, 6.45) is 3.88. The molecule has 0 amide bonds. The van der Waals surface area contributed by atoms with Crippen LogP contribution in [0, 0.1) is 0 Å². The summed E-state index contributed by atoms with van der Waals surface area (Å²) < 4.78 is 0. The lowest BCUT2D eigenvalue weighted by Crippen LogP contribution is -2.29. The molecule has 2 heteroatoms. The van der Waals surface area contributed by atoms with Crippen molar-refractivity contribution in [3.63, 3.8) is 0 Å². The highest BCUT2D eigenvalue weighted by Gasteiger charge is 2.46. The molecular formula is C19H22N2. The highest BCUT2D eigenvalue weighted by Crippen LogP contribution is 2.49. The van der Waals surface area contributed by atoms with Crippen molar-refractivity contribution in [2.45, 2.75) is 36.6 Å². The van der Waals surface area contributed by atoms with Crippen LogP contribution >= 0.6 is 0 Å². The zero-order chi connectivity index (χ0) is 14.3. The van der Waals surface area contributed by atoms with Crippen LogP contribution in [0.15, 0.2) is 54.6 Å². The average molecular weight is 278 g/mol. The fourth-order valence-corrected chi connectivity index (χ4v) is 3.37. The van der Waals surface area contributed by atoms with E-state index >= 15 is 0 Å². The number of anilines is 1. The molecule has 0 heterocycles. The molecule has 2 atom stereocenters. The van der Waals surface area contributed by atoms with E-state index in [1.54, 1.807) is 0 Å². The normalized spacial score (nSPS) is 25.5. The van der Waals surface area contributed by atoms with Crippen LogP contribution in [-0.4, -0.2) is 12.6 Å². The first-order valence-corrected chi connectivity index (χ1v) is 7.91. The minimum atomic E-state index is 0.373. The van der Waals surface area contributed by atoms with Gasteiger partial charge in [-0.2, -0.15) is 0 Å². The second-order valence-electron chi connectivity index (χ2n) is 6.64. The predicted octanol–water partition coefficient (Wildman–Crippen LogP) is 3.45. The molecule has 0 aromatic heterocycles. The number of nitrogen functional groups attached to an aromatic ring is 1. The van der Waals surface area contributed by atoms with Gasteiger partial charge in [-0.3, -0.25) is 0 Å². The van der Waals surface area contributed by atoms with Gasteiger partial charge in [-0.25, -0.2) is 0 Å². The van der Waals surface area contributed by atoms with E-state index in [1.807, 2.05) is 12.1 Å². The minimum Gasteiger partial charge on any atom is -0.399 e. The van der Waals surface area contributed by atoms with Gasteiger partial charge in [-0.05, 0) is 42.5 Å². The Kier molecular flexibility index (Phi) is 3.00. The highest BCUT2D eigenvalue weighted by molar-refractivity contribution is 5.43. The van der Waals surface area contributed by atoms with Gasteiger partial charge in [0.1, 0.15) is 0 Å². The molecule has 0 bridgehead atoms. The molecule has 2 saturated carbocycles. The summed E-state index contributed by atoms with van der Waals surface area (Å²) in [6, 6.07) is 20.0. The molecule has 0 saturated heterocycles. The number of benzene rings is 2. The standard InChI is InChI=1S/C19H22N2/c20-16-8-6-15(7-9-16)19(10-11-19)13-21-18-12-17(18)14-4-2-1-3-5-14/h1-9,17-18,21H,10-13,20H2. The Labute approximate surface area is 126 Å². The Morgan fingerprint density at radius 1 is 1.00 bits per heavy atom. The maximum Gasteiger partial charge on any atom is 0.0314 e. The third kappa shape index (κ3) is 2.56. The van der Waals surface area contributed by atoms with Crippen molar-refractivity contribution in [2.24, 2.45) is 0 Å². The van der Waals surface area contributed by atoms with E-state index in [-0.39, 0.29) is 0 Å². The number of hydrogen-bond acceptors (Lipinski definition) is 2. The van der Waals surface area contributed by atoms with Crippen molar-refractivity contribution in [1.29, 1.82) is 0 Å². The van der Waals surface area contributed by atoms with Gasteiger partial charge in [0.25, 0.3) is 0 Å². The summed E-state index contributed by atoms with van der Waals surface area (Å²) in [6.45, 7) is 1.10. The molecular weight excluding hydrogens is 256 g/mol. The second kappa shape index (κ2) is 4.88. The van der Waals surface area contributed by atoms with Gasteiger partial charge < -0.3 is 11.1 Å². The lowest BCUT2D eigenvalue weighted by molar-refractivity contribution is 0.566. The molecule has 21 heavy (non-hydrogen) atoms. The summed E-state index contributed by atoms with van der Waals surface area (Å²) in [5, 5.41) is 3.79. The minimum absolute atomic E-state index is 0.373. The van der Waals surface area contributed by atoms with E-state index in [9.17, 15) is 0 Å². The van der Waals surface area contributed by atoms with Crippen LogP contribution in [0.5, 0.6) is 0 Å². The molecule has 3 N–H and O–H groups in total. The van der Waals surface area contributed by atoms with Gasteiger partial charge in [0.05, 0.1) is 0 Å². The number of nitrogens with one attached hydrogen (secondary N) is 1. The largest absolute Gasteiger partial charge is 0.399 e. The first-order chi connectivity index (χ1) is 10.3. The topological polar surface area (TPSA) is 38.0 Å². The molecule has 2 nitrogen and oxygen atoms in total. The van der Waals surface area contributed by atoms with E-state index < -0.39 is 0 Å². The molecule has 2 aromatic carbocycles. The Morgan fingerprint density at radius 3 is 2.38 bits per heavy atom. The summed E-state index contributed by atoms with van der Waals surface area (Å²) in [5.74, 6) is 0.716. The smallest absolute Gasteiger partial charge is 0.0314 e. The van der Waals surface area contributed by atoms with Crippen LogP contribution in [0.25, 0.3) is 0 Å². The molecule has 2 aromatic rings. The van der Waals surface area contributed by atoms with E-state index in [1.165, 1.54) is 30.4 Å². The third-order valence-electron chi connectivity index (χ3n) is 5.10. The van der Waals surface area contributed by atoms with Crippen molar-refractivity contribution in [1.82, 2.24) is 5.32 Å². The van der Waals surface area contributed by atoms with Gasteiger partial charge in [0.15, 0.2) is 0 Å². The van der Waals surface area contributed by atoms with Crippen molar-refractivity contribution < 1.29 is 0 Å². The van der Waals surface area contributed by atoms with Crippen molar-refractivity contribution >= 4 is 5.69 Å². The number of nitrogens with two attached hydrogens (primary N) is 1. The van der Waals surface area contributed by atoms with Crippen molar-refractivity contribution in [2.75, 3.05) is 12.3 Å². The molecule has 108 valence electrons. The Balaban J connectivity index is 1.37. The fraction of sp³-hybridized carbons (Fsp3) is 0.368. The second-order valence-corrected chi connectivity index (χ2v) is 6.64. The fourth-order valence-electron chi connectivity index (χ4n) is 3.37. The van der Waals surface area contributed by atoms with Crippen molar-refractivity contribution in [3.05, 3.63) is 65.7 Å². The lowest BCUT2D eigenvalue weighted by Gasteiger charge is -2.17. The van der Waals surface area contributed by atoms with Crippen LogP contribution in [0.4, 0.5) is 5.69 Å². The number of rotatable bonds is 5. The molecule has 2 fully saturated rings. The van der Waals surface area contributed by atoms with Gasteiger partial charge in [-0.15, -0.1) is 0 Å². The summed E-state index contributed by atoms with van der Waals surface area (Å²) in [5.41, 5.74) is 9.94. The summed E-state index contributed by atoms with van der Waals surface area (Å²) in [7, 11) is 0. The van der Waals surface area contributed by atoms with Gasteiger partial charge in [-0.1, -0.05) is 42.5 Å². The van der Waals surface area contributed by atoms with E-state index in [0.29, 0.717) is 17.4 Å². The van der Waals surface area contributed by atoms with E-state index in [2.05, 4.69) is 47.8 Å². The maximum absolute atomic E-state index is 5.79. The first-order valence-electron chi connectivity index (χ1n) is 7.91. The Bertz CT molecular complexity index is 614. The van der Waals surface area contributed by atoms with E-state index in [4.69, 9.17) is 5.73 Å². The van der Waals surface area contributed by atoms with Crippen LogP contribution in [0.2, 0.25) is 0 Å². The van der Waals surface area contributed by atoms with E-state index in [0.717, 1.165) is 12.2 Å². The quantitative estimate of drug-likeness (QED) is 0.822. The first kappa shape index (κ1) is 12.9. The van der Waals surface area contributed by atoms with Crippen LogP contribution in [0.3, 0.4) is 0 Å². The SMILES string of the molecule is Nc1ccc(C2(CNC3CC3c3ccccc3)CC2)cc1. The summed E-state index contributed by atoms with van der Waals surface area (Å²) >= 11 is 0. The maximum atomic E-state index is 5.79. The molecule has 0 aliphatic heterocycles. The van der Waals surface area contributed by atoms with Gasteiger partial charge in [0.2, 0.25) is 0 Å². The van der Waals surface area contributed by atoms with Crippen molar-refractivity contribution in [3.8, 4) is 0 Å². The Morgan fingerprint density at radius 2 is 1.71 bits per heavy atom. The highest BCUT2D eigenvalue weighted by atomic mass is 15.0. The Hall–Kier alpha value is -1.80. The van der Waals surface area contributed by atoms with Gasteiger partial charge >= 0.3 is 0 Å². The predicted molar refractivity (Wildman–Crippen MR) is 87.4 cm³/mol. The molecule has 2 aliphatic rings. The van der Waals surface area contributed by atoms with Crippen LogP contribution < -0.4 is 11.1 Å². The van der Waals surface area contributed by atoms with Crippen LogP contribution in [0.1, 0.15) is 36.3 Å². The zero-order valence-electron chi connectivity index (χ0n) is 12.3. The molecule has 4 rings (SSSR count). The van der Waals surface area contributed by atoms with Gasteiger partial charge in [0, 0.05) is 29.6 Å². The van der Waals surface area contributed by atoms with Crippen LogP contribution in [-0.2, 0) is 5.41 Å². The monoisotopic (exact) mass is 278 g/mol. The molecule has 0 spiro atoms. The molecule has 2 unspecified atom stereocenters. The zero-order valence-corrected chi connectivity index (χ0v) is 12.3. The average Bonchev–Trinajstić information content (AvgIpc) is 3.42.